The lowest BCUT2D eigenvalue weighted by molar-refractivity contribution is 0.276. The van der Waals surface area contributed by atoms with E-state index in [2.05, 4.69) is 15.3 Å². The summed E-state index contributed by atoms with van der Waals surface area (Å²) in [5.41, 5.74) is 0.993. The largest absolute Gasteiger partial charge is 0.394 e. The van der Waals surface area contributed by atoms with Crippen LogP contribution in [-0.2, 0) is 0 Å². The van der Waals surface area contributed by atoms with Crippen molar-refractivity contribution in [2.75, 3.05) is 11.9 Å². The van der Waals surface area contributed by atoms with Crippen LogP contribution < -0.4 is 5.32 Å². The van der Waals surface area contributed by atoms with Gasteiger partial charge >= 0.3 is 0 Å². The van der Waals surface area contributed by atoms with Crippen molar-refractivity contribution < 1.29 is 5.11 Å². The van der Waals surface area contributed by atoms with Gasteiger partial charge in [0.2, 0.25) is 0 Å². The summed E-state index contributed by atoms with van der Waals surface area (Å²) < 4.78 is 0. The number of hydrogen-bond donors (Lipinski definition) is 2. The van der Waals surface area contributed by atoms with Gasteiger partial charge in [0, 0.05) is 6.07 Å². The van der Waals surface area contributed by atoms with Gasteiger partial charge in [0.1, 0.15) is 16.8 Å². The Morgan fingerprint density at radius 1 is 1.28 bits per heavy atom. The number of rotatable bonds is 4. The molecule has 1 unspecified atom stereocenters. The zero-order valence-electron chi connectivity index (χ0n) is 9.97. The molecule has 5 heteroatoms. The molecule has 0 aliphatic heterocycles. The molecule has 0 spiro atoms. The van der Waals surface area contributed by atoms with Crippen LogP contribution in [0.1, 0.15) is 17.4 Å². The van der Waals surface area contributed by atoms with E-state index in [1.54, 1.807) is 13.0 Å². The smallest absolute Gasteiger partial charge is 0.134 e. The first-order valence-corrected chi connectivity index (χ1v) is 6.00. The van der Waals surface area contributed by atoms with Gasteiger partial charge in [-0.05, 0) is 12.5 Å². The Morgan fingerprint density at radius 3 is 2.61 bits per heavy atom. The van der Waals surface area contributed by atoms with Crippen LogP contribution in [0.4, 0.5) is 5.82 Å². The maximum Gasteiger partial charge on any atom is 0.134 e. The first-order chi connectivity index (χ1) is 8.69. The predicted molar refractivity (Wildman–Crippen MR) is 71.7 cm³/mol. The number of halogens is 1. The van der Waals surface area contributed by atoms with E-state index in [-0.39, 0.29) is 12.6 Å². The molecule has 2 N–H and O–H groups in total. The fraction of sp³-hybridized carbons (Fsp3) is 0.231. The minimum Gasteiger partial charge on any atom is -0.394 e. The van der Waals surface area contributed by atoms with Crippen molar-refractivity contribution in [3.63, 3.8) is 0 Å². The number of aliphatic hydroxyl groups excluding tert-OH is 1. The zero-order valence-corrected chi connectivity index (χ0v) is 10.7. The molecule has 2 aromatic rings. The summed E-state index contributed by atoms with van der Waals surface area (Å²) in [6.07, 6.45) is 0. The summed E-state index contributed by atoms with van der Waals surface area (Å²) in [5.74, 6) is 1.20. The summed E-state index contributed by atoms with van der Waals surface area (Å²) in [6, 6.07) is 11.1. The summed E-state index contributed by atoms with van der Waals surface area (Å²) in [4.78, 5) is 8.22. The average molecular weight is 264 g/mol. The Kier molecular flexibility index (Phi) is 4.12. The molecule has 0 bridgehead atoms. The lowest BCUT2D eigenvalue weighted by atomic mass is 10.1. The van der Waals surface area contributed by atoms with Gasteiger partial charge < -0.3 is 10.4 Å². The van der Waals surface area contributed by atoms with Crippen LogP contribution in [0, 0.1) is 6.92 Å². The fourth-order valence-electron chi connectivity index (χ4n) is 1.70. The van der Waals surface area contributed by atoms with Crippen molar-refractivity contribution in [1.29, 1.82) is 0 Å². The molecule has 18 heavy (non-hydrogen) atoms. The molecule has 0 fully saturated rings. The summed E-state index contributed by atoms with van der Waals surface area (Å²) >= 11 is 5.87. The summed E-state index contributed by atoms with van der Waals surface area (Å²) in [5, 5.41) is 13.0. The van der Waals surface area contributed by atoms with E-state index in [0.717, 1.165) is 5.56 Å². The molecule has 4 nitrogen and oxygen atoms in total. The van der Waals surface area contributed by atoms with E-state index in [9.17, 15) is 5.11 Å². The molecule has 0 saturated heterocycles. The van der Waals surface area contributed by atoms with E-state index in [0.29, 0.717) is 16.8 Å². The average Bonchev–Trinajstić information content (AvgIpc) is 2.36. The number of aryl methyl sites for hydroxylation is 1. The highest BCUT2D eigenvalue weighted by Crippen LogP contribution is 2.19. The van der Waals surface area contributed by atoms with Crippen molar-refractivity contribution in [2.24, 2.45) is 0 Å². The Morgan fingerprint density at radius 2 is 2.00 bits per heavy atom. The Balaban J connectivity index is 2.20. The quantitative estimate of drug-likeness (QED) is 0.833. The molecule has 2 rings (SSSR count). The lowest BCUT2D eigenvalue weighted by Crippen LogP contribution is -2.16. The van der Waals surface area contributed by atoms with Crippen LogP contribution in [-0.4, -0.2) is 21.7 Å². The zero-order chi connectivity index (χ0) is 13.0. The molecule has 0 radical (unpaired) electrons. The lowest BCUT2D eigenvalue weighted by Gasteiger charge is -2.17. The SMILES string of the molecule is Cc1nc(Cl)cc(NC(CO)c2ccccc2)n1. The van der Waals surface area contributed by atoms with E-state index >= 15 is 0 Å². The highest BCUT2D eigenvalue weighted by Gasteiger charge is 2.11. The number of hydrogen-bond acceptors (Lipinski definition) is 4. The van der Waals surface area contributed by atoms with Crippen molar-refractivity contribution >= 4 is 17.4 Å². The van der Waals surface area contributed by atoms with E-state index in [4.69, 9.17) is 11.6 Å². The molecule has 0 amide bonds. The third kappa shape index (κ3) is 3.18. The monoisotopic (exact) mass is 263 g/mol. The second kappa shape index (κ2) is 5.80. The summed E-state index contributed by atoms with van der Waals surface area (Å²) in [6.45, 7) is 1.75. The maximum absolute atomic E-state index is 9.44. The first-order valence-electron chi connectivity index (χ1n) is 5.62. The molecule has 1 aromatic heterocycles. The predicted octanol–water partition coefficient (Wildman–Crippen LogP) is 2.58. The minimum absolute atomic E-state index is 0.0231. The molecular weight excluding hydrogens is 250 g/mol. The minimum atomic E-state index is -0.212. The standard InChI is InChI=1S/C13H14ClN3O/c1-9-15-12(14)7-13(16-9)17-11(8-18)10-5-3-2-4-6-10/h2-7,11,18H,8H2,1H3,(H,15,16,17). The van der Waals surface area contributed by atoms with E-state index < -0.39 is 0 Å². The molecule has 1 atom stereocenters. The second-order valence-electron chi connectivity index (χ2n) is 3.91. The number of benzene rings is 1. The molecular formula is C13H14ClN3O. The molecule has 0 aliphatic rings. The van der Waals surface area contributed by atoms with Crippen LogP contribution in [0.5, 0.6) is 0 Å². The van der Waals surface area contributed by atoms with E-state index in [1.807, 2.05) is 30.3 Å². The number of aromatic nitrogens is 2. The third-order valence-corrected chi connectivity index (χ3v) is 2.71. The van der Waals surface area contributed by atoms with Crippen LogP contribution in [0.15, 0.2) is 36.4 Å². The van der Waals surface area contributed by atoms with Gasteiger partial charge in [-0.25, -0.2) is 9.97 Å². The van der Waals surface area contributed by atoms with Crippen molar-refractivity contribution in [3.05, 3.63) is 52.9 Å². The van der Waals surface area contributed by atoms with Gasteiger partial charge in [0.15, 0.2) is 0 Å². The Bertz CT molecular complexity index is 499. The van der Waals surface area contributed by atoms with Crippen molar-refractivity contribution in [3.8, 4) is 0 Å². The molecule has 1 heterocycles. The van der Waals surface area contributed by atoms with Crippen molar-refractivity contribution in [2.45, 2.75) is 13.0 Å². The van der Waals surface area contributed by atoms with E-state index in [1.165, 1.54) is 0 Å². The van der Waals surface area contributed by atoms with Gasteiger partial charge in [-0.1, -0.05) is 41.9 Å². The number of nitrogens with one attached hydrogen (secondary N) is 1. The van der Waals surface area contributed by atoms with Gasteiger partial charge in [0.05, 0.1) is 12.6 Å². The number of nitrogens with zero attached hydrogens (tertiary/aromatic N) is 2. The first kappa shape index (κ1) is 12.8. The fourth-order valence-corrected chi connectivity index (χ4v) is 1.93. The number of aliphatic hydroxyl groups is 1. The maximum atomic E-state index is 9.44. The van der Waals surface area contributed by atoms with Crippen LogP contribution in [0.2, 0.25) is 5.15 Å². The molecule has 0 saturated carbocycles. The number of anilines is 1. The van der Waals surface area contributed by atoms with Gasteiger partial charge in [0.25, 0.3) is 0 Å². The molecule has 94 valence electrons. The second-order valence-corrected chi connectivity index (χ2v) is 4.30. The van der Waals surface area contributed by atoms with Gasteiger partial charge in [-0.2, -0.15) is 0 Å². The topological polar surface area (TPSA) is 58.0 Å². The highest BCUT2D eigenvalue weighted by molar-refractivity contribution is 6.29. The third-order valence-electron chi connectivity index (χ3n) is 2.51. The van der Waals surface area contributed by atoms with Gasteiger partial charge in [-0.3, -0.25) is 0 Å². The normalized spacial score (nSPS) is 12.2. The molecule has 1 aromatic carbocycles. The summed E-state index contributed by atoms with van der Waals surface area (Å²) in [7, 11) is 0. The Hall–Kier alpha value is -1.65. The highest BCUT2D eigenvalue weighted by atomic mass is 35.5. The van der Waals surface area contributed by atoms with Gasteiger partial charge in [-0.15, -0.1) is 0 Å². The molecule has 0 aliphatic carbocycles. The Labute approximate surface area is 111 Å². The van der Waals surface area contributed by atoms with Crippen LogP contribution >= 0.6 is 11.6 Å². The van der Waals surface area contributed by atoms with Crippen LogP contribution in [0.25, 0.3) is 0 Å². The van der Waals surface area contributed by atoms with Crippen LogP contribution in [0.3, 0.4) is 0 Å². The van der Waals surface area contributed by atoms with Crippen molar-refractivity contribution in [1.82, 2.24) is 9.97 Å².